The molecule has 1 aliphatic rings. The van der Waals surface area contributed by atoms with Crippen LogP contribution in [-0.2, 0) is 4.79 Å². The first-order chi connectivity index (χ1) is 14.1. The molecule has 7 heteroatoms. The van der Waals surface area contributed by atoms with Crippen molar-refractivity contribution < 1.29 is 14.3 Å². The van der Waals surface area contributed by atoms with Crippen molar-refractivity contribution in [2.45, 2.75) is 18.8 Å². The summed E-state index contributed by atoms with van der Waals surface area (Å²) in [5.74, 6) is 1.12. The maximum Gasteiger partial charge on any atom is 0.269 e. The highest BCUT2D eigenvalue weighted by atomic mass is 16.5. The second kappa shape index (κ2) is 8.18. The van der Waals surface area contributed by atoms with Crippen LogP contribution in [0.25, 0.3) is 5.69 Å². The van der Waals surface area contributed by atoms with Gasteiger partial charge in [0.25, 0.3) is 5.91 Å². The number of benzene rings is 2. The molecule has 0 bridgehead atoms. The van der Waals surface area contributed by atoms with Gasteiger partial charge in [0, 0.05) is 24.7 Å². The smallest absolute Gasteiger partial charge is 0.269 e. The maximum absolute atomic E-state index is 11.7. The van der Waals surface area contributed by atoms with Gasteiger partial charge in [-0.25, -0.2) is 4.68 Å². The number of hydrogen-bond acceptors (Lipinski definition) is 4. The molecule has 0 saturated carbocycles. The highest BCUT2D eigenvalue weighted by molar-refractivity contribution is 5.91. The molecule has 0 aliphatic carbocycles. The van der Waals surface area contributed by atoms with Gasteiger partial charge in [-0.2, -0.15) is 5.10 Å². The number of nitrogens with zero attached hydrogens (tertiary/aromatic N) is 3. The van der Waals surface area contributed by atoms with E-state index in [-0.39, 0.29) is 11.6 Å². The lowest BCUT2D eigenvalue weighted by molar-refractivity contribution is -0.119. The van der Waals surface area contributed by atoms with E-state index in [1.54, 1.807) is 15.6 Å². The Kier molecular flexibility index (Phi) is 5.29. The zero-order valence-corrected chi connectivity index (χ0v) is 15.9. The number of carbonyl (C=O) groups is 2. The Morgan fingerprint density at radius 1 is 1.03 bits per heavy atom. The zero-order valence-electron chi connectivity index (χ0n) is 15.9. The first-order valence-electron chi connectivity index (χ1n) is 9.56. The highest BCUT2D eigenvalue weighted by Gasteiger charge is 2.25. The molecule has 0 atom stereocenters. The van der Waals surface area contributed by atoms with E-state index in [9.17, 15) is 9.59 Å². The first-order valence-corrected chi connectivity index (χ1v) is 9.56. The Hall–Kier alpha value is -3.61. The van der Waals surface area contributed by atoms with Gasteiger partial charge in [-0.05, 0) is 55.3 Å². The van der Waals surface area contributed by atoms with Crippen LogP contribution >= 0.6 is 0 Å². The van der Waals surface area contributed by atoms with E-state index in [2.05, 4.69) is 5.10 Å². The summed E-state index contributed by atoms with van der Waals surface area (Å²) in [6, 6.07) is 18.9. The Balaban J connectivity index is 1.60. The average molecular weight is 390 g/mol. The molecule has 148 valence electrons. The zero-order chi connectivity index (χ0) is 20.2. The summed E-state index contributed by atoms with van der Waals surface area (Å²) in [6.07, 6.45) is 2.52. The summed E-state index contributed by atoms with van der Waals surface area (Å²) in [5.41, 5.74) is 7.46. The number of rotatable bonds is 6. The Labute approximate surface area is 168 Å². The third-order valence-electron chi connectivity index (χ3n) is 5.15. The topological polar surface area (TPSA) is 90.5 Å². The minimum atomic E-state index is -0.556. The molecular formula is C22H22N4O3. The van der Waals surface area contributed by atoms with Crippen LogP contribution in [0, 0.1) is 0 Å². The number of likely N-dealkylation sites (tertiary alicyclic amines) is 1. The molecule has 0 unspecified atom stereocenters. The van der Waals surface area contributed by atoms with Crippen LogP contribution in [0.3, 0.4) is 0 Å². The molecule has 2 aromatic carbocycles. The van der Waals surface area contributed by atoms with E-state index in [0.717, 1.165) is 36.4 Å². The predicted octanol–water partition coefficient (Wildman–Crippen LogP) is 3.10. The Morgan fingerprint density at radius 2 is 1.69 bits per heavy atom. The third-order valence-corrected chi connectivity index (χ3v) is 5.15. The Bertz CT molecular complexity index is 991. The summed E-state index contributed by atoms with van der Waals surface area (Å²) in [5, 5.41) is 4.43. The van der Waals surface area contributed by atoms with Crippen molar-refractivity contribution >= 4 is 12.3 Å². The summed E-state index contributed by atoms with van der Waals surface area (Å²) >= 11 is 0. The summed E-state index contributed by atoms with van der Waals surface area (Å²) < 4.78 is 7.61. The van der Waals surface area contributed by atoms with E-state index in [1.165, 1.54) is 0 Å². The fourth-order valence-corrected chi connectivity index (χ4v) is 3.59. The highest BCUT2D eigenvalue weighted by Crippen LogP contribution is 2.31. The largest absolute Gasteiger partial charge is 0.457 e. The molecule has 1 aliphatic heterocycles. The van der Waals surface area contributed by atoms with Gasteiger partial charge in [0.2, 0.25) is 6.41 Å². The van der Waals surface area contributed by atoms with Crippen LogP contribution in [0.1, 0.15) is 34.9 Å². The molecule has 2 heterocycles. The number of hydrogen-bond donors (Lipinski definition) is 1. The molecule has 29 heavy (non-hydrogen) atoms. The number of piperidine rings is 1. The average Bonchev–Trinajstić information content (AvgIpc) is 3.21. The van der Waals surface area contributed by atoms with E-state index in [1.807, 2.05) is 54.6 Å². The van der Waals surface area contributed by atoms with E-state index in [0.29, 0.717) is 18.8 Å². The number of carbonyl (C=O) groups excluding carboxylic acids is 2. The third kappa shape index (κ3) is 4.13. The minimum absolute atomic E-state index is 0.201. The van der Waals surface area contributed by atoms with Crippen molar-refractivity contribution in [3.63, 3.8) is 0 Å². The van der Waals surface area contributed by atoms with Crippen LogP contribution in [0.5, 0.6) is 11.5 Å². The lowest BCUT2D eigenvalue weighted by Crippen LogP contribution is -2.32. The van der Waals surface area contributed by atoms with Crippen molar-refractivity contribution in [1.82, 2.24) is 14.7 Å². The lowest BCUT2D eigenvalue weighted by atomic mass is 9.93. The standard InChI is InChI=1S/C22H22N4O3/c23-22(28)20-14-21(16-10-12-25(15-27)13-11-16)26(24-20)17-6-8-19(9-7-17)29-18-4-2-1-3-5-18/h1-9,14-16H,10-13H2,(H2,23,28). The van der Waals surface area contributed by atoms with E-state index >= 15 is 0 Å². The molecule has 1 aromatic heterocycles. The molecule has 2 N–H and O–H groups in total. The molecule has 4 rings (SSSR count). The van der Waals surface area contributed by atoms with Crippen LogP contribution in [-0.4, -0.2) is 40.1 Å². The number of nitrogens with two attached hydrogens (primary N) is 1. The van der Waals surface area contributed by atoms with Gasteiger partial charge in [0.05, 0.1) is 5.69 Å². The number of aromatic nitrogens is 2. The number of ether oxygens (including phenoxy) is 1. The lowest BCUT2D eigenvalue weighted by Gasteiger charge is -2.29. The van der Waals surface area contributed by atoms with Crippen molar-refractivity contribution in [3.8, 4) is 17.2 Å². The van der Waals surface area contributed by atoms with E-state index in [4.69, 9.17) is 10.5 Å². The van der Waals surface area contributed by atoms with E-state index < -0.39 is 5.91 Å². The SMILES string of the molecule is NC(=O)c1cc(C2CCN(C=O)CC2)n(-c2ccc(Oc3ccccc3)cc2)n1. The van der Waals surface area contributed by atoms with Crippen molar-refractivity contribution in [2.24, 2.45) is 5.73 Å². The van der Waals surface area contributed by atoms with Gasteiger partial charge >= 0.3 is 0 Å². The quantitative estimate of drug-likeness (QED) is 0.655. The molecule has 2 amide bonds. The van der Waals surface area contributed by atoms with Crippen molar-refractivity contribution in [2.75, 3.05) is 13.1 Å². The minimum Gasteiger partial charge on any atom is -0.457 e. The molecule has 1 fully saturated rings. The predicted molar refractivity (Wildman–Crippen MR) is 108 cm³/mol. The number of amides is 2. The summed E-state index contributed by atoms with van der Waals surface area (Å²) in [6.45, 7) is 1.38. The van der Waals surface area contributed by atoms with Crippen LogP contribution in [0.4, 0.5) is 0 Å². The maximum atomic E-state index is 11.7. The molecular weight excluding hydrogens is 368 g/mol. The van der Waals surface area contributed by atoms with Crippen LogP contribution in [0.2, 0.25) is 0 Å². The van der Waals surface area contributed by atoms with Crippen molar-refractivity contribution in [3.05, 3.63) is 72.1 Å². The van der Waals surface area contributed by atoms with Gasteiger partial charge in [0.15, 0.2) is 5.69 Å². The Morgan fingerprint density at radius 3 is 2.31 bits per heavy atom. The summed E-state index contributed by atoms with van der Waals surface area (Å²) in [4.78, 5) is 24.5. The number of para-hydroxylation sites is 1. The fraction of sp³-hybridized carbons (Fsp3) is 0.227. The van der Waals surface area contributed by atoms with Gasteiger partial charge in [-0.1, -0.05) is 18.2 Å². The normalized spacial score (nSPS) is 14.6. The molecule has 7 nitrogen and oxygen atoms in total. The van der Waals surface area contributed by atoms with Gasteiger partial charge in [-0.15, -0.1) is 0 Å². The van der Waals surface area contributed by atoms with Crippen molar-refractivity contribution in [1.29, 1.82) is 0 Å². The van der Waals surface area contributed by atoms with Gasteiger partial charge < -0.3 is 15.4 Å². The first kappa shape index (κ1) is 18.7. The monoisotopic (exact) mass is 390 g/mol. The molecule has 0 radical (unpaired) electrons. The van der Waals surface area contributed by atoms with Gasteiger partial charge in [0.1, 0.15) is 11.5 Å². The van der Waals surface area contributed by atoms with Crippen LogP contribution < -0.4 is 10.5 Å². The van der Waals surface area contributed by atoms with Crippen LogP contribution in [0.15, 0.2) is 60.7 Å². The molecule has 0 spiro atoms. The molecule has 3 aromatic rings. The van der Waals surface area contributed by atoms with Gasteiger partial charge in [-0.3, -0.25) is 9.59 Å². The fourth-order valence-electron chi connectivity index (χ4n) is 3.59. The number of primary amides is 1. The summed E-state index contributed by atoms with van der Waals surface area (Å²) in [7, 11) is 0. The second-order valence-electron chi connectivity index (χ2n) is 7.06. The second-order valence-corrected chi connectivity index (χ2v) is 7.06. The molecule has 1 saturated heterocycles.